The van der Waals surface area contributed by atoms with Crippen LogP contribution < -0.4 is 4.90 Å². The molecule has 1 heterocycles. The molecule has 3 heteroatoms. The normalized spacial score (nSPS) is 18.1. The Hall–Kier alpha value is -0.150. The minimum absolute atomic E-state index is 0.689. The number of anilines is 1. The number of thioether (sulfide) groups is 1. The highest BCUT2D eigenvalue weighted by Gasteiger charge is 2.24. The largest absolute Gasteiger partial charge is 0.359 e. The van der Waals surface area contributed by atoms with Crippen molar-refractivity contribution < 1.29 is 0 Å². The Labute approximate surface area is 149 Å². The molecule has 0 amide bonds. The molecule has 0 saturated carbocycles. The summed E-state index contributed by atoms with van der Waals surface area (Å²) in [5.41, 5.74) is 1.38. The van der Waals surface area contributed by atoms with Gasteiger partial charge in [-0.25, -0.2) is 0 Å². The third-order valence-corrected chi connectivity index (χ3v) is 6.22. The maximum Gasteiger partial charge on any atom is 0.0751 e. The molecule has 1 unspecified atom stereocenters. The van der Waals surface area contributed by atoms with Crippen molar-refractivity contribution in [1.29, 1.82) is 0 Å². The molecule has 1 aliphatic heterocycles. The zero-order valence-corrected chi connectivity index (χ0v) is 16.3. The van der Waals surface area contributed by atoms with Crippen molar-refractivity contribution in [3.63, 3.8) is 0 Å². The van der Waals surface area contributed by atoms with E-state index in [4.69, 9.17) is 0 Å². The first kappa shape index (κ1) is 18.2. The van der Waals surface area contributed by atoms with Crippen molar-refractivity contribution in [2.75, 3.05) is 17.2 Å². The average Bonchev–Trinajstić information content (AvgIpc) is 2.98. The Morgan fingerprint density at radius 2 is 1.82 bits per heavy atom. The number of benzene rings is 1. The molecule has 1 fully saturated rings. The van der Waals surface area contributed by atoms with Crippen molar-refractivity contribution >= 4 is 33.4 Å². The van der Waals surface area contributed by atoms with E-state index in [0.29, 0.717) is 5.37 Å². The van der Waals surface area contributed by atoms with Gasteiger partial charge in [-0.1, -0.05) is 80.3 Å². The molecule has 2 rings (SSSR count). The second-order valence-electron chi connectivity index (χ2n) is 6.26. The van der Waals surface area contributed by atoms with Gasteiger partial charge in [0.05, 0.1) is 5.37 Å². The van der Waals surface area contributed by atoms with Crippen molar-refractivity contribution in [2.24, 2.45) is 0 Å². The van der Waals surface area contributed by atoms with Crippen LogP contribution in [0.2, 0.25) is 0 Å². The van der Waals surface area contributed by atoms with Gasteiger partial charge in [-0.2, -0.15) is 0 Å². The standard InChI is InChI=1S/C19H30BrNS/c1-2-3-4-5-6-7-8-9-13-19-21(14-15-22-19)18-12-10-11-17(20)16-18/h10-12,16,19H,2-9,13-15H2,1H3. The molecule has 1 aromatic carbocycles. The summed E-state index contributed by atoms with van der Waals surface area (Å²) in [4.78, 5) is 2.59. The fourth-order valence-corrected chi connectivity index (χ4v) is 4.86. The first-order valence-electron chi connectivity index (χ1n) is 8.95. The van der Waals surface area contributed by atoms with Crippen molar-refractivity contribution in [3.05, 3.63) is 28.7 Å². The molecule has 0 spiro atoms. The van der Waals surface area contributed by atoms with Gasteiger partial charge < -0.3 is 4.90 Å². The number of hydrogen-bond acceptors (Lipinski definition) is 2. The molecule has 1 nitrogen and oxygen atoms in total. The number of unbranched alkanes of at least 4 members (excludes halogenated alkanes) is 7. The summed E-state index contributed by atoms with van der Waals surface area (Å²) in [7, 11) is 0. The molecule has 0 aliphatic carbocycles. The van der Waals surface area contributed by atoms with Gasteiger partial charge in [0.2, 0.25) is 0 Å². The van der Waals surface area contributed by atoms with Crippen LogP contribution in [0.15, 0.2) is 28.7 Å². The average molecular weight is 384 g/mol. The van der Waals surface area contributed by atoms with E-state index in [2.05, 4.69) is 63.8 Å². The van der Waals surface area contributed by atoms with E-state index in [-0.39, 0.29) is 0 Å². The Balaban J connectivity index is 1.65. The first-order valence-corrected chi connectivity index (χ1v) is 10.8. The lowest BCUT2D eigenvalue weighted by atomic mass is 10.1. The van der Waals surface area contributed by atoms with Gasteiger partial charge in [0, 0.05) is 22.5 Å². The molecule has 1 atom stereocenters. The van der Waals surface area contributed by atoms with Crippen molar-refractivity contribution in [2.45, 2.75) is 70.1 Å². The van der Waals surface area contributed by atoms with Crippen LogP contribution in [0.25, 0.3) is 0 Å². The molecule has 1 aliphatic rings. The van der Waals surface area contributed by atoms with E-state index in [1.165, 1.54) is 80.2 Å². The zero-order chi connectivity index (χ0) is 15.6. The van der Waals surface area contributed by atoms with Gasteiger partial charge in [-0.15, -0.1) is 11.8 Å². The Bertz CT molecular complexity index is 424. The quantitative estimate of drug-likeness (QED) is 0.406. The zero-order valence-electron chi connectivity index (χ0n) is 13.9. The van der Waals surface area contributed by atoms with Crippen molar-refractivity contribution in [3.8, 4) is 0 Å². The highest BCUT2D eigenvalue weighted by Crippen LogP contribution is 2.33. The second kappa shape index (κ2) is 10.6. The van der Waals surface area contributed by atoms with E-state index in [1.54, 1.807) is 0 Å². The minimum atomic E-state index is 0.689. The molecule has 22 heavy (non-hydrogen) atoms. The molecule has 0 N–H and O–H groups in total. The highest BCUT2D eigenvalue weighted by atomic mass is 79.9. The van der Waals surface area contributed by atoms with Crippen LogP contribution in [-0.4, -0.2) is 17.7 Å². The van der Waals surface area contributed by atoms with Gasteiger partial charge in [-0.05, 0) is 24.6 Å². The van der Waals surface area contributed by atoms with Crippen LogP contribution in [0.4, 0.5) is 5.69 Å². The third kappa shape index (κ3) is 6.16. The summed E-state index contributed by atoms with van der Waals surface area (Å²) in [6.07, 6.45) is 12.6. The predicted octanol–water partition coefficient (Wildman–Crippen LogP) is 6.86. The number of rotatable bonds is 10. The van der Waals surface area contributed by atoms with Gasteiger partial charge in [-0.3, -0.25) is 0 Å². The molecule has 124 valence electrons. The second-order valence-corrected chi connectivity index (χ2v) is 8.46. The SMILES string of the molecule is CCCCCCCCCCC1SCCN1c1cccc(Br)c1. The summed E-state index contributed by atoms with van der Waals surface area (Å²) in [6.45, 7) is 3.49. The van der Waals surface area contributed by atoms with Gasteiger partial charge >= 0.3 is 0 Å². The van der Waals surface area contributed by atoms with E-state index < -0.39 is 0 Å². The third-order valence-electron chi connectivity index (χ3n) is 4.43. The molecule has 0 aromatic heterocycles. The highest BCUT2D eigenvalue weighted by molar-refractivity contribution is 9.10. The molecule has 0 bridgehead atoms. The number of halogens is 1. The topological polar surface area (TPSA) is 3.24 Å². The maximum atomic E-state index is 3.59. The van der Waals surface area contributed by atoms with E-state index >= 15 is 0 Å². The molecule has 1 saturated heterocycles. The van der Waals surface area contributed by atoms with Gasteiger partial charge in [0.1, 0.15) is 0 Å². The lowest BCUT2D eigenvalue weighted by molar-refractivity contribution is 0.558. The fourth-order valence-electron chi connectivity index (χ4n) is 3.16. The molecule has 1 aromatic rings. The smallest absolute Gasteiger partial charge is 0.0751 e. The van der Waals surface area contributed by atoms with Gasteiger partial charge in [0.15, 0.2) is 0 Å². The van der Waals surface area contributed by atoms with E-state index in [0.717, 1.165) is 0 Å². The Morgan fingerprint density at radius 3 is 2.55 bits per heavy atom. The lowest BCUT2D eigenvalue weighted by Gasteiger charge is -2.26. The van der Waals surface area contributed by atoms with E-state index in [1.807, 2.05) is 0 Å². The van der Waals surface area contributed by atoms with E-state index in [9.17, 15) is 0 Å². The van der Waals surface area contributed by atoms with Crippen LogP contribution in [0.1, 0.15) is 64.7 Å². The molecular formula is C19H30BrNS. The Kier molecular flexibility index (Phi) is 8.76. The monoisotopic (exact) mass is 383 g/mol. The first-order chi connectivity index (χ1) is 10.8. The van der Waals surface area contributed by atoms with Crippen LogP contribution in [0.3, 0.4) is 0 Å². The van der Waals surface area contributed by atoms with Crippen LogP contribution in [0.5, 0.6) is 0 Å². The fraction of sp³-hybridized carbons (Fsp3) is 0.684. The summed E-state index contributed by atoms with van der Waals surface area (Å²) in [6, 6.07) is 8.76. The minimum Gasteiger partial charge on any atom is -0.359 e. The summed E-state index contributed by atoms with van der Waals surface area (Å²) < 4.78 is 1.19. The summed E-state index contributed by atoms with van der Waals surface area (Å²) in [5.74, 6) is 1.27. The van der Waals surface area contributed by atoms with Crippen LogP contribution in [0, 0.1) is 0 Å². The van der Waals surface area contributed by atoms with Crippen molar-refractivity contribution in [1.82, 2.24) is 0 Å². The van der Waals surface area contributed by atoms with Gasteiger partial charge in [0.25, 0.3) is 0 Å². The predicted molar refractivity (Wildman–Crippen MR) is 105 cm³/mol. The summed E-state index contributed by atoms with van der Waals surface area (Å²) >= 11 is 5.73. The van der Waals surface area contributed by atoms with Crippen LogP contribution >= 0.6 is 27.7 Å². The van der Waals surface area contributed by atoms with Crippen LogP contribution in [-0.2, 0) is 0 Å². The number of hydrogen-bond donors (Lipinski definition) is 0. The number of nitrogens with zero attached hydrogens (tertiary/aromatic N) is 1. The molecular weight excluding hydrogens is 354 g/mol. The maximum absolute atomic E-state index is 3.59. The lowest BCUT2D eigenvalue weighted by Crippen LogP contribution is -2.27. The molecule has 0 radical (unpaired) electrons. The Morgan fingerprint density at radius 1 is 1.09 bits per heavy atom. The summed E-state index contributed by atoms with van der Waals surface area (Å²) in [5, 5.41) is 0.689.